The molecule has 0 fully saturated rings. The van der Waals surface area contributed by atoms with Crippen molar-refractivity contribution in [1.29, 1.82) is 0 Å². The molecule has 0 saturated heterocycles. The summed E-state index contributed by atoms with van der Waals surface area (Å²) in [6, 6.07) is 10.5. The van der Waals surface area contributed by atoms with E-state index >= 15 is 0 Å². The Kier molecular flexibility index (Phi) is 3.13. The number of para-hydroxylation sites is 1. The second kappa shape index (κ2) is 4.57. The average molecular weight is 232 g/mol. The van der Waals surface area contributed by atoms with E-state index in [0.717, 1.165) is 6.07 Å². The van der Waals surface area contributed by atoms with Crippen molar-refractivity contribution in [1.82, 2.24) is 0 Å². The SMILES string of the molecule is OB(O)c1ccccc1-c1cccc(F)c1O. The summed E-state index contributed by atoms with van der Waals surface area (Å²) in [4.78, 5) is 0. The number of benzene rings is 2. The van der Waals surface area contributed by atoms with Crippen LogP contribution in [-0.2, 0) is 0 Å². The maximum absolute atomic E-state index is 13.2. The highest BCUT2D eigenvalue weighted by Gasteiger charge is 2.19. The lowest BCUT2D eigenvalue weighted by Crippen LogP contribution is -2.31. The fraction of sp³-hybridized carbons (Fsp3) is 0. The first-order valence-corrected chi connectivity index (χ1v) is 5.04. The Bertz CT molecular complexity index is 543. The third kappa shape index (κ3) is 2.15. The van der Waals surface area contributed by atoms with Gasteiger partial charge in [0.05, 0.1) is 0 Å². The third-order valence-corrected chi connectivity index (χ3v) is 2.52. The fourth-order valence-corrected chi connectivity index (χ4v) is 1.70. The number of phenolic OH excluding ortho intramolecular Hbond substituents is 1. The molecular formula is C12H10BFO3. The van der Waals surface area contributed by atoms with Gasteiger partial charge in [0.2, 0.25) is 0 Å². The van der Waals surface area contributed by atoms with Crippen molar-refractivity contribution in [3.8, 4) is 16.9 Å². The van der Waals surface area contributed by atoms with Gasteiger partial charge in [-0.2, -0.15) is 0 Å². The van der Waals surface area contributed by atoms with Crippen LogP contribution in [0.15, 0.2) is 42.5 Å². The molecule has 0 aliphatic heterocycles. The molecular weight excluding hydrogens is 222 g/mol. The maximum atomic E-state index is 13.2. The molecule has 0 unspecified atom stereocenters. The summed E-state index contributed by atoms with van der Waals surface area (Å²) in [6.07, 6.45) is 0. The van der Waals surface area contributed by atoms with E-state index in [1.807, 2.05) is 0 Å². The van der Waals surface area contributed by atoms with E-state index in [1.165, 1.54) is 18.2 Å². The van der Waals surface area contributed by atoms with Crippen molar-refractivity contribution >= 4 is 12.6 Å². The van der Waals surface area contributed by atoms with Gasteiger partial charge in [-0.25, -0.2) is 4.39 Å². The van der Waals surface area contributed by atoms with Crippen molar-refractivity contribution in [3.63, 3.8) is 0 Å². The topological polar surface area (TPSA) is 60.7 Å². The lowest BCUT2D eigenvalue weighted by Gasteiger charge is -2.10. The Morgan fingerprint density at radius 2 is 1.53 bits per heavy atom. The first-order valence-electron chi connectivity index (χ1n) is 5.04. The molecule has 0 amide bonds. The highest BCUT2D eigenvalue weighted by molar-refractivity contribution is 6.60. The minimum Gasteiger partial charge on any atom is -0.504 e. The number of rotatable bonds is 2. The van der Waals surface area contributed by atoms with Crippen molar-refractivity contribution in [3.05, 3.63) is 48.3 Å². The maximum Gasteiger partial charge on any atom is 0.489 e. The van der Waals surface area contributed by atoms with Crippen LogP contribution in [0.1, 0.15) is 0 Å². The summed E-state index contributed by atoms with van der Waals surface area (Å²) in [6.45, 7) is 0. The first kappa shape index (κ1) is 11.6. The molecule has 0 bridgehead atoms. The number of phenols is 1. The van der Waals surface area contributed by atoms with Crippen LogP contribution in [0.3, 0.4) is 0 Å². The first-order chi connectivity index (χ1) is 8.11. The second-order valence-electron chi connectivity index (χ2n) is 3.60. The molecule has 0 atom stereocenters. The monoisotopic (exact) mass is 232 g/mol. The van der Waals surface area contributed by atoms with Crippen LogP contribution in [0.4, 0.5) is 4.39 Å². The molecule has 0 spiro atoms. The summed E-state index contributed by atoms with van der Waals surface area (Å²) < 4.78 is 13.2. The average Bonchev–Trinajstić information content (AvgIpc) is 2.33. The van der Waals surface area contributed by atoms with Gasteiger partial charge >= 0.3 is 7.12 Å². The predicted molar refractivity (Wildman–Crippen MR) is 63.3 cm³/mol. The number of hydrogen-bond donors (Lipinski definition) is 3. The van der Waals surface area contributed by atoms with Crippen LogP contribution in [0, 0.1) is 5.82 Å². The highest BCUT2D eigenvalue weighted by atomic mass is 19.1. The Balaban J connectivity index is 2.64. The highest BCUT2D eigenvalue weighted by Crippen LogP contribution is 2.30. The molecule has 0 saturated carbocycles. The van der Waals surface area contributed by atoms with Gasteiger partial charge in [-0.1, -0.05) is 36.4 Å². The molecule has 17 heavy (non-hydrogen) atoms. The van der Waals surface area contributed by atoms with Crippen LogP contribution < -0.4 is 5.46 Å². The van der Waals surface area contributed by atoms with Crippen LogP contribution >= 0.6 is 0 Å². The molecule has 0 aliphatic carbocycles. The van der Waals surface area contributed by atoms with Gasteiger partial charge in [-0.3, -0.25) is 0 Å². The lowest BCUT2D eigenvalue weighted by atomic mass is 9.75. The summed E-state index contributed by atoms with van der Waals surface area (Å²) in [7, 11) is -1.67. The molecule has 5 heteroatoms. The summed E-state index contributed by atoms with van der Waals surface area (Å²) in [5.41, 5.74) is 0.835. The summed E-state index contributed by atoms with van der Waals surface area (Å²) in [5.74, 6) is -1.25. The minimum absolute atomic E-state index is 0.216. The quantitative estimate of drug-likeness (QED) is 0.673. The molecule has 2 aromatic rings. The molecule has 0 aliphatic rings. The summed E-state index contributed by atoms with van der Waals surface area (Å²) in [5, 5.41) is 28.0. The standard InChI is InChI=1S/C12H10BFO3/c14-11-7-3-5-9(12(11)15)8-4-1-2-6-10(8)13(16)17/h1-7,15-17H. The smallest absolute Gasteiger partial charge is 0.489 e. The Hall–Kier alpha value is -1.85. The fourth-order valence-electron chi connectivity index (χ4n) is 1.70. The normalized spacial score (nSPS) is 10.3. The van der Waals surface area contributed by atoms with Gasteiger partial charge in [0.1, 0.15) is 0 Å². The van der Waals surface area contributed by atoms with Crippen LogP contribution in [0.5, 0.6) is 5.75 Å². The van der Waals surface area contributed by atoms with Gasteiger partial charge in [-0.15, -0.1) is 0 Å². The van der Waals surface area contributed by atoms with E-state index in [2.05, 4.69) is 0 Å². The van der Waals surface area contributed by atoms with E-state index in [9.17, 15) is 19.5 Å². The van der Waals surface area contributed by atoms with Crippen molar-refractivity contribution in [2.75, 3.05) is 0 Å². The number of aromatic hydroxyl groups is 1. The van der Waals surface area contributed by atoms with Gasteiger partial charge < -0.3 is 15.2 Å². The molecule has 0 aromatic heterocycles. The van der Waals surface area contributed by atoms with Crippen LogP contribution in [-0.4, -0.2) is 22.3 Å². The van der Waals surface area contributed by atoms with Crippen LogP contribution in [0.2, 0.25) is 0 Å². The number of halogens is 1. The zero-order valence-electron chi connectivity index (χ0n) is 8.84. The van der Waals surface area contributed by atoms with Gasteiger partial charge in [0.25, 0.3) is 0 Å². The van der Waals surface area contributed by atoms with Crippen molar-refractivity contribution < 1.29 is 19.5 Å². The third-order valence-electron chi connectivity index (χ3n) is 2.52. The van der Waals surface area contributed by atoms with Gasteiger partial charge in [0, 0.05) is 5.56 Å². The van der Waals surface area contributed by atoms with E-state index in [4.69, 9.17) is 0 Å². The minimum atomic E-state index is -1.67. The van der Waals surface area contributed by atoms with E-state index < -0.39 is 18.7 Å². The molecule has 3 nitrogen and oxygen atoms in total. The lowest BCUT2D eigenvalue weighted by molar-refractivity contribution is 0.425. The Morgan fingerprint density at radius 3 is 2.24 bits per heavy atom. The number of hydrogen-bond acceptors (Lipinski definition) is 3. The molecule has 0 heterocycles. The molecule has 2 rings (SSSR count). The van der Waals surface area contributed by atoms with Crippen molar-refractivity contribution in [2.24, 2.45) is 0 Å². The molecule has 3 N–H and O–H groups in total. The van der Waals surface area contributed by atoms with Gasteiger partial charge in [0.15, 0.2) is 11.6 Å². The van der Waals surface area contributed by atoms with Gasteiger partial charge in [-0.05, 0) is 17.1 Å². The van der Waals surface area contributed by atoms with E-state index in [0.29, 0.717) is 5.56 Å². The zero-order chi connectivity index (χ0) is 12.4. The Morgan fingerprint density at radius 1 is 0.882 bits per heavy atom. The van der Waals surface area contributed by atoms with E-state index in [1.54, 1.807) is 18.2 Å². The predicted octanol–water partition coefficient (Wildman–Crippen LogP) is 0.878. The molecule has 2 aromatic carbocycles. The van der Waals surface area contributed by atoms with Crippen LogP contribution in [0.25, 0.3) is 11.1 Å². The Labute approximate surface area is 97.9 Å². The van der Waals surface area contributed by atoms with E-state index in [-0.39, 0.29) is 11.0 Å². The molecule has 86 valence electrons. The van der Waals surface area contributed by atoms with Crippen molar-refractivity contribution in [2.45, 2.75) is 0 Å². The largest absolute Gasteiger partial charge is 0.504 e. The molecule has 0 radical (unpaired) electrons. The zero-order valence-corrected chi connectivity index (χ0v) is 8.84. The summed E-state index contributed by atoms with van der Waals surface area (Å²) >= 11 is 0. The second-order valence-corrected chi connectivity index (χ2v) is 3.60.